The first kappa shape index (κ1) is 6.92. The molecule has 0 amide bonds. The smallest absolute Gasteiger partial charge is 0.115 e. The zero-order valence-electron chi connectivity index (χ0n) is 4.42. The largest absolute Gasteiger partial charge is 0.396 e. The standard InChI is InChI=1S/C5H10O2/c1-5(3-6)4-7-2/h2,5-6H,3-4H2,1H3. The SMILES string of the molecule is [CH]OCC(C)CO. The van der Waals surface area contributed by atoms with Gasteiger partial charge in [-0.05, 0) is 0 Å². The zero-order valence-corrected chi connectivity index (χ0v) is 4.42. The van der Waals surface area contributed by atoms with Gasteiger partial charge >= 0.3 is 0 Å². The van der Waals surface area contributed by atoms with E-state index in [4.69, 9.17) is 12.2 Å². The van der Waals surface area contributed by atoms with E-state index in [2.05, 4.69) is 4.74 Å². The third kappa shape index (κ3) is 3.76. The molecule has 2 nitrogen and oxygen atoms in total. The lowest BCUT2D eigenvalue weighted by Gasteiger charge is -2.02. The minimum absolute atomic E-state index is 0.136. The Morgan fingerprint density at radius 1 is 1.86 bits per heavy atom. The third-order valence-electron chi connectivity index (χ3n) is 0.692. The molecule has 0 bridgehead atoms. The Bertz CT molecular complexity index is 37.1. The predicted molar refractivity (Wildman–Crippen MR) is 26.5 cm³/mol. The lowest BCUT2D eigenvalue weighted by molar-refractivity contribution is 0.142. The molecule has 0 spiro atoms. The number of rotatable bonds is 3. The van der Waals surface area contributed by atoms with Crippen LogP contribution in [0.2, 0.25) is 0 Å². The van der Waals surface area contributed by atoms with Crippen LogP contribution in [0.4, 0.5) is 0 Å². The molecule has 0 saturated heterocycles. The van der Waals surface area contributed by atoms with Gasteiger partial charge in [0.15, 0.2) is 0 Å². The molecule has 0 saturated carbocycles. The summed E-state index contributed by atoms with van der Waals surface area (Å²) in [5.41, 5.74) is 0. The van der Waals surface area contributed by atoms with Gasteiger partial charge in [0.2, 0.25) is 0 Å². The molecule has 2 radical (unpaired) electrons. The minimum atomic E-state index is 0.136. The summed E-state index contributed by atoms with van der Waals surface area (Å²) in [6.07, 6.45) is 0. The van der Waals surface area contributed by atoms with Gasteiger partial charge in [0, 0.05) is 12.5 Å². The Kier molecular flexibility index (Phi) is 4.04. The Morgan fingerprint density at radius 2 is 2.43 bits per heavy atom. The molecule has 0 fully saturated rings. The van der Waals surface area contributed by atoms with Gasteiger partial charge in [-0.15, -0.1) is 0 Å². The Balaban J connectivity index is 2.83. The second-order valence-corrected chi connectivity index (χ2v) is 1.62. The van der Waals surface area contributed by atoms with E-state index >= 15 is 0 Å². The van der Waals surface area contributed by atoms with Crippen LogP contribution in [0, 0.1) is 13.0 Å². The zero-order chi connectivity index (χ0) is 5.70. The van der Waals surface area contributed by atoms with Crippen LogP contribution in [0.1, 0.15) is 6.92 Å². The number of hydrogen-bond donors (Lipinski definition) is 1. The van der Waals surface area contributed by atoms with E-state index in [0.717, 1.165) is 0 Å². The minimum Gasteiger partial charge on any atom is -0.396 e. The molecule has 0 heterocycles. The van der Waals surface area contributed by atoms with Crippen molar-refractivity contribution in [3.8, 4) is 0 Å². The first-order valence-electron chi connectivity index (χ1n) is 2.23. The molecule has 0 aromatic rings. The molecule has 0 aromatic carbocycles. The van der Waals surface area contributed by atoms with Crippen LogP contribution in [-0.4, -0.2) is 18.3 Å². The van der Waals surface area contributed by atoms with Crippen LogP contribution >= 0.6 is 0 Å². The van der Waals surface area contributed by atoms with Crippen LogP contribution in [0.5, 0.6) is 0 Å². The highest BCUT2D eigenvalue weighted by Gasteiger charge is 1.94. The third-order valence-corrected chi connectivity index (χ3v) is 0.692. The quantitative estimate of drug-likeness (QED) is 0.555. The summed E-state index contributed by atoms with van der Waals surface area (Å²) in [6, 6.07) is 0. The maximum absolute atomic E-state index is 8.33. The fourth-order valence-corrected chi connectivity index (χ4v) is 0.217. The molecule has 1 N–H and O–H groups in total. The number of aliphatic hydroxyl groups is 1. The van der Waals surface area contributed by atoms with Crippen LogP contribution < -0.4 is 0 Å². The molecule has 0 aliphatic heterocycles. The average Bonchev–Trinajstić information content (AvgIpc) is 1.68. The lowest BCUT2D eigenvalue weighted by atomic mass is 10.2. The van der Waals surface area contributed by atoms with Gasteiger partial charge in [-0.2, -0.15) is 0 Å². The highest BCUT2D eigenvalue weighted by atomic mass is 16.5. The van der Waals surface area contributed by atoms with Crippen LogP contribution in [-0.2, 0) is 4.74 Å². The van der Waals surface area contributed by atoms with Crippen LogP contribution in [0.15, 0.2) is 0 Å². The molecule has 42 valence electrons. The van der Waals surface area contributed by atoms with E-state index in [1.807, 2.05) is 6.92 Å². The topological polar surface area (TPSA) is 29.5 Å². The van der Waals surface area contributed by atoms with Gasteiger partial charge in [0.25, 0.3) is 0 Å². The summed E-state index contributed by atoms with van der Waals surface area (Å²) in [5.74, 6) is 0.157. The van der Waals surface area contributed by atoms with Crippen molar-refractivity contribution in [2.75, 3.05) is 13.2 Å². The van der Waals surface area contributed by atoms with Gasteiger partial charge in [-0.25, -0.2) is 0 Å². The van der Waals surface area contributed by atoms with E-state index in [0.29, 0.717) is 6.61 Å². The molecular formula is C5H10O2. The molecule has 0 aliphatic rings. The first-order valence-corrected chi connectivity index (χ1v) is 2.23. The molecule has 1 atom stereocenters. The maximum atomic E-state index is 8.33. The maximum Gasteiger partial charge on any atom is 0.115 e. The van der Waals surface area contributed by atoms with Crippen molar-refractivity contribution in [1.29, 1.82) is 0 Å². The summed E-state index contributed by atoms with van der Waals surface area (Å²) in [6.45, 7) is 2.42. The summed E-state index contributed by atoms with van der Waals surface area (Å²) in [4.78, 5) is 0. The normalized spacial score (nSPS) is 14.1. The van der Waals surface area contributed by atoms with E-state index in [-0.39, 0.29) is 12.5 Å². The van der Waals surface area contributed by atoms with Crippen molar-refractivity contribution >= 4 is 0 Å². The molecule has 1 unspecified atom stereocenters. The van der Waals surface area contributed by atoms with Crippen LogP contribution in [0.3, 0.4) is 0 Å². The van der Waals surface area contributed by atoms with E-state index < -0.39 is 0 Å². The Labute approximate surface area is 44.1 Å². The summed E-state index contributed by atoms with van der Waals surface area (Å²) in [5, 5.41) is 8.33. The number of hydrogen-bond acceptors (Lipinski definition) is 2. The first-order chi connectivity index (χ1) is 3.31. The number of aliphatic hydroxyl groups excluding tert-OH is 1. The van der Waals surface area contributed by atoms with E-state index in [9.17, 15) is 0 Å². The fraction of sp³-hybridized carbons (Fsp3) is 0.800. The second-order valence-electron chi connectivity index (χ2n) is 1.62. The van der Waals surface area contributed by atoms with Crippen molar-refractivity contribution in [1.82, 2.24) is 0 Å². The van der Waals surface area contributed by atoms with Gasteiger partial charge in [-0.1, -0.05) is 6.92 Å². The summed E-state index contributed by atoms with van der Waals surface area (Å²) in [7, 11) is 4.69. The van der Waals surface area contributed by atoms with Crippen molar-refractivity contribution in [3.05, 3.63) is 7.11 Å². The van der Waals surface area contributed by atoms with Crippen molar-refractivity contribution < 1.29 is 9.84 Å². The molecule has 7 heavy (non-hydrogen) atoms. The molecule has 0 rings (SSSR count). The van der Waals surface area contributed by atoms with Crippen molar-refractivity contribution in [2.45, 2.75) is 6.92 Å². The highest BCUT2D eigenvalue weighted by molar-refractivity contribution is 4.44. The molecular weight excluding hydrogens is 92.1 g/mol. The lowest BCUT2D eigenvalue weighted by Crippen LogP contribution is -2.06. The highest BCUT2D eigenvalue weighted by Crippen LogP contribution is 1.90. The average molecular weight is 102 g/mol. The number of ether oxygens (including phenoxy) is 1. The van der Waals surface area contributed by atoms with Gasteiger partial charge < -0.3 is 9.84 Å². The van der Waals surface area contributed by atoms with Crippen LogP contribution in [0.25, 0.3) is 0 Å². The van der Waals surface area contributed by atoms with Gasteiger partial charge in [0.1, 0.15) is 7.11 Å². The molecule has 0 aliphatic carbocycles. The van der Waals surface area contributed by atoms with E-state index in [1.54, 1.807) is 0 Å². The Morgan fingerprint density at radius 3 is 2.57 bits per heavy atom. The monoisotopic (exact) mass is 102 g/mol. The van der Waals surface area contributed by atoms with Gasteiger partial charge in [0.05, 0.1) is 6.61 Å². The summed E-state index contributed by atoms with van der Waals surface area (Å²) < 4.78 is 4.23. The fourth-order valence-electron chi connectivity index (χ4n) is 0.217. The van der Waals surface area contributed by atoms with Crippen molar-refractivity contribution in [3.63, 3.8) is 0 Å². The van der Waals surface area contributed by atoms with Gasteiger partial charge in [-0.3, -0.25) is 0 Å². The Hall–Kier alpha value is -0.0800. The molecule has 0 aromatic heterocycles. The van der Waals surface area contributed by atoms with Crippen molar-refractivity contribution in [2.24, 2.45) is 5.92 Å². The van der Waals surface area contributed by atoms with E-state index in [1.165, 1.54) is 0 Å². The molecule has 2 heteroatoms. The summed E-state index contributed by atoms with van der Waals surface area (Å²) >= 11 is 0. The predicted octanol–water partition coefficient (Wildman–Crippen LogP) is 0.300. The second kappa shape index (κ2) is 4.09.